The molecule has 2 aromatic rings. The van der Waals surface area contributed by atoms with E-state index in [0.29, 0.717) is 34.5 Å². The number of nitrogens with one attached hydrogen (secondary N) is 1. The number of methoxy groups -OCH3 is 1. The Morgan fingerprint density at radius 1 is 0.968 bits per heavy atom. The summed E-state index contributed by atoms with van der Waals surface area (Å²) in [5, 5.41) is 2.85. The van der Waals surface area contributed by atoms with Gasteiger partial charge in [-0.15, -0.1) is 0 Å². The second kappa shape index (κ2) is 6.54. The monoisotopic (exact) mass is 414 g/mol. The minimum Gasteiger partial charge on any atom is -0.497 e. The summed E-state index contributed by atoms with van der Waals surface area (Å²) in [5.74, 6) is 0.728. The highest BCUT2D eigenvalue weighted by atomic mass is 16.5. The molecule has 0 aromatic heterocycles. The molecule has 6 nitrogen and oxygen atoms in total. The standard InChI is InChI=1S/C25H22N2O4/c1-31-14-6-4-5-13(11-14)26-23(28)17-7-2-3-8-20(17)27-24(29)21-15-9-10-16(19-12-18(15)19)22(21)25(27)30/h2-11,15-16,18-19,21-22H,12H2,1H3,(H,26,28)/t15-,16-,18-,19-,21-,22+/m0/s1. The lowest BCUT2D eigenvalue weighted by atomic mass is 9.63. The second-order valence-corrected chi connectivity index (χ2v) is 8.87. The summed E-state index contributed by atoms with van der Waals surface area (Å²) in [7, 11) is 1.56. The molecular formula is C25H22N2O4. The molecule has 3 fully saturated rings. The Balaban J connectivity index is 1.33. The predicted molar refractivity (Wildman–Crippen MR) is 115 cm³/mol. The van der Waals surface area contributed by atoms with Gasteiger partial charge in [0.25, 0.3) is 5.91 Å². The van der Waals surface area contributed by atoms with Crippen LogP contribution in [0.2, 0.25) is 0 Å². The van der Waals surface area contributed by atoms with E-state index in [-0.39, 0.29) is 41.4 Å². The van der Waals surface area contributed by atoms with E-state index in [9.17, 15) is 14.4 Å². The summed E-state index contributed by atoms with van der Waals surface area (Å²) in [6.45, 7) is 0. The van der Waals surface area contributed by atoms with Gasteiger partial charge in [0.1, 0.15) is 5.75 Å². The zero-order valence-electron chi connectivity index (χ0n) is 17.0. The van der Waals surface area contributed by atoms with Gasteiger partial charge in [-0.05, 0) is 54.4 Å². The predicted octanol–water partition coefficient (Wildman–Crippen LogP) is 3.51. The molecule has 3 amide bonds. The average molecular weight is 414 g/mol. The molecule has 0 unspecified atom stereocenters. The van der Waals surface area contributed by atoms with Crippen LogP contribution < -0.4 is 15.0 Å². The van der Waals surface area contributed by atoms with Gasteiger partial charge < -0.3 is 10.1 Å². The number of anilines is 2. The lowest BCUT2D eigenvalue weighted by Gasteiger charge is -2.37. The number of carbonyl (C=O) groups excluding carboxylic acids is 3. The molecule has 1 saturated heterocycles. The van der Waals surface area contributed by atoms with Crippen molar-refractivity contribution in [3.8, 4) is 5.75 Å². The number of nitrogens with zero attached hydrogens (tertiary/aromatic N) is 1. The van der Waals surface area contributed by atoms with E-state index in [2.05, 4.69) is 17.5 Å². The molecule has 6 atom stereocenters. The van der Waals surface area contributed by atoms with Crippen molar-refractivity contribution in [1.29, 1.82) is 0 Å². The van der Waals surface area contributed by atoms with Gasteiger partial charge in [-0.25, -0.2) is 4.90 Å². The summed E-state index contributed by atoms with van der Waals surface area (Å²) >= 11 is 0. The molecule has 2 bridgehead atoms. The molecule has 7 rings (SSSR count). The van der Waals surface area contributed by atoms with Crippen molar-refractivity contribution >= 4 is 29.1 Å². The van der Waals surface area contributed by atoms with Crippen LogP contribution in [-0.2, 0) is 9.59 Å². The maximum absolute atomic E-state index is 13.4. The van der Waals surface area contributed by atoms with Crippen LogP contribution in [0.3, 0.4) is 0 Å². The zero-order valence-corrected chi connectivity index (χ0v) is 17.0. The molecular weight excluding hydrogens is 392 g/mol. The number of hydrogen-bond donors (Lipinski definition) is 1. The number of hydrogen-bond acceptors (Lipinski definition) is 4. The van der Waals surface area contributed by atoms with Gasteiger partial charge in [0.2, 0.25) is 11.8 Å². The maximum atomic E-state index is 13.4. The van der Waals surface area contributed by atoms with Gasteiger partial charge in [-0.2, -0.15) is 0 Å². The molecule has 1 aliphatic heterocycles. The Kier molecular flexibility index (Phi) is 3.88. The molecule has 156 valence electrons. The third-order valence-corrected chi connectivity index (χ3v) is 7.38. The fraction of sp³-hybridized carbons (Fsp3) is 0.320. The van der Waals surface area contributed by atoms with Crippen LogP contribution in [0, 0.1) is 35.5 Å². The fourth-order valence-corrected chi connectivity index (χ4v) is 5.95. The van der Waals surface area contributed by atoms with Crippen molar-refractivity contribution in [1.82, 2.24) is 0 Å². The fourth-order valence-electron chi connectivity index (χ4n) is 5.95. The highest BCUT2D eigenvalue weighted by Crippen LogP contribution is 2.65. The van der Waals surface area contributed by atoms with E-state index >= 15 is 0 Å². The Bertz CT molecular complexity index is 1120. The quantitative estimate of drug-likeness (QED) is 0.614. The van der Waals surface area contributed by atoms with Crippen LogP contribution in [0.1, 0.15) is 16.8 Å². The number of allylic oxidation sites excluding steroid dienone is 2. The normalized spacial score (nSPS) is 32.0. The minimum atomic E-state index is -0.372. The number of para-hydroxylation sites is 1. The number of amides is 3. The lowest BCUT2D eigenvalue weighted by Crippen LogP contribution is -2.40. The van der Waals surface area contributed by atoms with Crippen LogP contribution in [0.4, 0.5) is 11.4 Å². The average Bonchev–Trinajstić information content (AvgIpc) is 3.57. The number of carbonyl (C=O) groups is 3. The molecule has 4 aliphatic carbocycles. The van der Waals surface area contributed by atoms with E-state index in [0.717, 1.165) is 6.42 Å². The van der Waals surface area contributed by atoms with E-state index < -0.39 is 0 Å². The maximum Gasteiger partial charge on any atom is 0.257 e. The summed E-state index contributed by atoms with van der Waals surface area (Å²) in [5.41, 5.74) is 1.24. The van der Waals surface area contributed by atoms with Crippen molar-refractivity contribution in [2.45, 2.75) is 6.42 Å². The first-order valence-electron chi connectivity index (χ1n) is 10.7. The molecule has 1 heterocycles. The van der Waals surface area contributed by atoms with Crippen LogP contribution in [0.25, 0.3) is 0 Å². The molecule has 0 spiro atoms. The Morgan fingerprint density at radius 2 is 1.65 bits per heavy atom. The molecule has 2 aromatic carbocycles. The van der Waals surface area contributed by atoms with Crippen LogP contribution in [-0.4, -0.2) is 24.8 Å². The van der Waals surface area contributed by atoms with E-state index in [4.69, 9.17) is 4.74 Å². The first kappa shape index (κ1) is 18.4. The van der Waals surface area contributed by atoms with Gasteiger partial charge in [0.15, 0.2) is 0 Å². The molecule has 5 aliphatic rings. The van der Waals surface area contributed by atoms with E-state index in [1.807, 2.05) is 0 Å². The second-order valence-electron chi connectivity index (χ2n) is 8.87. The van der Waals surface area contributed by atoms with E-state index in [1.165, 1.54) is 4.90 Å². The van der Waals surface area contributed by atoms with Gasteiger partial charge in [-0.3, -0.25) is 14.4 Å². The van der Waals surface area contributed by atoms with Crippen molar-refractivity contribution in [2.75, 3.05) is 17.3 Å². The zero-order chi connectivity index (χ0) is 21.3. The summed E-state index contributed by atoms with van der Waals surface area (Å²) < 4.78 is 5.21. The minimum absolute atomic E-state index is 0.152. The first-order valence-corrected chi connectivity index (χ1v) is 10.7. The number of ether oxygens (including phenoxy) is 1. The summed E-state index contributed by atoms with van der Waals surface area (Å²) in [6.07, 6.45) is 5.42. The van der Waals surface area contributed by atoms with Crippen molar-refractivity contribution < 1.29 is 19.1 Å². The lowest BCUT2D eigenvalue weighted by molar-refractivity contribution is -0.124. The van der Waals surface area contributed by atoms with E-state index in [1.54, 1.807) is 55.6 Å². The molecule has 31 heavy (non-hydrogen) atoms. The Hall–Kier alpha value is -3.41. The largest absolute Gasteiger partial charge is 0.497 e. The molecule has 2 saturated carbocycles. The van der Waals surface area contributed by atoms with Crippen molar-refractivity contribution in [2.24, 2.45) is 35.5 Å². The Morgan fingerprint density at radius 3 is 2.32 bits per heavy atom. The SMILES string of the molecule is COc1cccc(NC(=O)c2ccccc2N2C(=O)[C@@H]3[C@H]4C=C[C@@H]([C@@H]5C[C@@H]45)[C@@H]3C2=O)c1. The van der Waals surface area contributed by atoms with Crippen LogP contribution in [0.15, 0.2) is 60.7 Å². The molecule has 0 radical (unpaired) electrons. The highest BCUT2D eigenvalue weighted by molar-refractivity contribution is 6.25. The number of benzene rings is 2. The molecule has 6 heteroatoms. The summed E-state index contributed by atoms with van der Waals surface area (Å²) in [6, 6.07) is 13.9. The third-order valence-electron chi connectivity index (χ3n) is 7.38. The first-order chi connectivity index (χ1) is 15.1. The van der Waals surface area contributed by atoms with Gasteiger partial charge in [-0.1, -0.05) is 30.4 Å². The topological polar surface area (TPSA) is 75.7 Å². The van der Waals surface area contributed by atoms with Gasteiger partial charge in [0.05, 0.1) is 30.2 Å². The third kappa shape index (κ3) is 2.60. The van der Waals surface area contributed by atoms with Crippen LogP contribution in [0.5, 0.6) is 5.75 Å². The van der Waals surface area contributed by atoms with Crippen molar-refractivity contribution in [3.05, 3.63) is 66.2 Å². The van der Waals surface area contributed by atoms with Gasteiger partial charge >= 0.3 is 0 Å². The highest BCUT2D eigenvalue weighted by Gasteiger charge is 2.67. The smallest absolute Gasteiger partial charge is 0.257 e. The van der Waals surface area contributed by atoms with Gasteiger partial charge in [0, 0.05) is 11.8 Å². The number of imide groups is 1. The number of rotatable bonds is 4. The summed E-state index contributed by atoms with van der Waals surface area (Å²) in [4.78, 5) is 41.3. The van der Waals surface area contributed by atoms with Crippen molar-refractivity contribution in [3.63, 3.8) is 0 Å². The Labute approximate surface area is 179 Å². The van der Waals surface area contributed by atoms with Crippen LogP contribution >= 0.6 is 0 Å². The molecule has 1 N–H and O–H groups in total.